The molecule has 0 aromatic heterocycles. The van der Waals surface area contributed by atoms with Gasteiger partial charge in [0.1, 0.15) is 6.04 Å². The molecule has 0 saturated heterocycles. The van der Waals surface area contributed by atoms with Gasteiger partial charge in [0.15, 0.2) is 0 Å². The van der Waals surface area contributed by atoms with E-state index in [1.54, 1.807) is 12.1 Å². The lowest BCUT2D eigenvalue weighted by Gasteiger charge is -2.16. The van der Waals surface area contributed by atoms with Crippen molar-refractivity contribution in [3.05, 3.63) is 32.9 Å². The van der Waals surface area contributed by atoms with Gasteiger partial charge in [0, 0.05) is 9.13 Å². The van der Waals surface area contributed by atoms with Crippen LogP contribution in [0.25, 0.3) is 0 Å². The summed E-state index contributed by atoms with van der Waals surface area (Å²) < 4.78 is 0.987. The molecule has 0 fully saturated rings. The highest BCUT2D eigenvalue weighted by Crippen LogP contribution is 2.14. The molecule has 4 nitrogen and oxygen atoms in total. The minimum atomic E-state index is -0.996. The zero-order valence-corrected chi connectivity index (χ0v) is 13.4. The van der Waals surface area contributed by atoms with E-state index in [1.807, 2.05) is 26.8 Å². The van der Waals surface area contributed by atoms with Crippen LogP contribution in [0.1, 0.15) is 36.2 Å². The Morgan fingerprint density at radius 3 is 2.47 bits per heavy atom. The summed E-state index contributed by atoms with van der Waals surface area (Å²) in [5, 5.41) is 11.7. The van der Waals surface area contributed by atoms with Crippen LogP contribution in [0, 0.1) is 16.4 Å². The summed E-state index contributed by atoms with van der Waals surface area (Å²) in [6.45, 7) is 5.82. The number of carboxylic acids is 1. The number of amides is 1. The Kier molecular flexibility index (Phi) is 5.78. The van der Waals surface area contributed by atoms with Gasteiger partial charge in [0.25, 0.3) is 5.91 Å². The van der Waals surface area contributed by atoms with Crippen LogP contribution in [-0.2, 0) is 4.79 Å². The molecule has 19 heavy (non-hydrogen) atoms. The average Bonchev–Trinajstić information content (AvgIpc) is 2.31. The molecule has 0 aliphatic heterocycles. The average molecular weight is 375 g/mol. The van der Waals surface area contributed by atoms with Crippen LogP contribution in [0.2, 0.25) is 0 Å². The van der Waals surface area contributed by atoms with Crippen molar-refractivity contribution in [2.75, 3.05) is 0 Å². The predicted octanol–water partition coefficient (Wildman–Crippen LogP) is 2.83. The minimum absolute atomic E-state index is 0.208. The fourth-order valence-corrected chi connectivity index (χ4v) is 2.18. The zero-order chi connectivity index (χ0) is 14.6. The van der Waals surface area contributed by atoms with Crippen molar-refractivity contribution >= 4 is 34.5 Å². The van der Waals surface area contributed by atoms with E-state index in [1.165, 1.54) is 0 Å². The quantitative estimate of drug-likeness (QED) is 0.778. The summed E-state index contributed by atoms with van der Waals surface area (Å²) in [5.74, 6) is -1.13. The molecule has 1 amide bonds. The number of benzene rings is 1. The Labute approximate surface area is 126 Å². The maximum Gasteiger partial charge on any atom is 0.326 e. The minimum Gasteiger partial charge on any atom is -0.480 e. The van der Waals surface area contributed by atoms with E-state index in [-0.39, 0.29) is 11.8 Å². The van der Waals surface area contributed by atoms with Gasteiger partial charge in [-0.05, 0) is 59.5 Å². The van der Waals surface area contributed by atoms with Crippen LogP contribution >= 0.6 is 22.6 Å². The molecule has 1 atom stereocenters. The van der Waals surface area contributed by atoms with Crippen molar-refractivity contribution in [2.45, 2.75) is 33.2 Å². The van der Waals surface area contributed by atoms with Crippen molar-refractivity contribution in [3.8, 4) is 0 Å². The Hall–Kier alpha value is -1.11. The lowest BCUT2D eigenvalue weighted by Crippen LogP contribution is -2.41. The maximum absolute atomic E-state index is 12.0. The van der Waals surface area contributed by atoms with Gasteiger partial charge in [0.05, 0.1) is 0 Å². The molecule has 0 aliphatic carbocycles. The normalized spacial score (nSPS) is 12.3. The van der Waals surface area contributed by atoms with E-state index in [0.29, 0.717) is 12.0 Å². The van der Waals surface area contributed by atoms with E-state index in [9.17, 15) is 9.59 Å². The first kappa shape index (κ1) is 15.9. The molecule has 1 unspecified atom stereocenters. The molecule has 2 N–H and O–H groups in total. The second-order valence-electron chi connectivity index (χ2n) is 4.96. The van der Waals surface area contributed by atoms with Crippen molar-refractivity contribution in [2.24, 2.45) is 5.92 Å². The second-order valence-corrected chi connectivity index (χ2v) is 6.12. The van der Waals surface area contributed by atoms with Crippen LogP contribution in [0.15, 0.2) is 18.2 Å². The standard InChI is InChI=1S/C14H18INO3/c1-8(2)6-12(14(18)19)16-13(17)10-5-4-9(3)11(15)7-10/h4-5,7-8,12H,6H2,1-3H3,(H,16,17)(H,18,19). The van der Waals surface area contributed by atoms with Gasteiger partial charge in [0.2, 0.25) is 0 Å². The fraction of sp³-hybridized carbons (Fsp3) is 0.429. The molecule has 0 saturated carbocycles. The fourth-order valence-electron chi connectivity index (χ4n) is 1.67. The first-order valence-corrected chi connectivity index (χ1v) is 7.19. The van der Waals surface area contributed by atoms with E-state index in [0.717, 1.165) is 9.13 Å². The van der Waals surface area contributed by atoms with E-state index in [4.69, 9.17) is 5.11 Å². The molecule has 0 bridgehead atoms. The third kappa shape index (κ3) is 4.81. The Morgan fingerprint density at radius 1 is 1.37 bits per heavy atom. The number of rotatable bonds is 5. The number of aliphatic carboxylic acids is 1. The largest absolute Gasteiger partial charge is 0.480 e. The second kappa shape index (κ2) is 6.88. The van der Waals surface area contributed by atoms with Gasteiger partial charge in [-0.2, -0.15) is 0 Å². The number of carbonyl (C=O) groups is 2. The van der Waals surface area contributed by atoms with E-state index < -0.39 is 12.0 Å². The highest BCUT2D eigenvalue weighted by atomic mass is 127. The van der Waals surface area contributed by atoms with Crippen LogP contribution in [0.4, 0.5) is 0 Å². The van der Waals surface area contributed by atoms with E-state index >= 15 is 0 Å². The van der Waals surface area contributed by atoms with Crippen molar-refractivity contribution in [1.29, 1.82) is 0 Å². The van der Waals surface area contributed by atoms with E-state index in [2.05, 4.69) is 27.9 Å². The Morgan fingerprint density at radius 2 is 2.00 bits per heavy atom. The van der Waals surface area contributed by atoms with Crippen molar-refractivity contribution in [1.82, 2.24) is 5.32 Å². The van der Waals surface area contributed by atoms with Crippen LogP contribution < -0.4 is 5.32 Å². The molecule has 0 heterocycles. The molecule has 1 rings (SSSR count). The lowest BCUT2D eigenvalue weighted by atomic mass is 10.0. The number of nitrogens with one attached hydrogen (secondary N) is 1. The third-order valence-electron chi connectivity index (χ3n) is 2.74. The van der Waals surface area contributed by atoms with Crippen LogP contribution in [0.5, 0.6) is 0 Å². The number of carboxylic acid groups (broad SMARTS) is 1. The number of aryl methyl sites for hydroxylation is 1. The first-order valence-electron chi connectivity index (χ1n) is 6.11. The molecule has 1 aromatic carbocycles. The summed E-state index contributed by atoms with van der Waals surface area (Å²) in [6.07, 6.45) is 0.421. The SMILES string of the molecule is Cc1ccc(C(=O)NC(CC(C)C)C(=O)O)cc1I. The van der Waals surface area contributed by atoms with Crippen molar-refractivity contribution < 1.29 is 14.7 Å². The summed E-state index contributed by atoms with van der Waals surface area (Å²) in [6, 6.07) is 4.49. The third-order valence-corrected chi connectivity index (χ3v) is 3.91. The molecule has 1 aromatic rings. The summed E-state index contributed by atoms with van der Waals surface area (Å²) in [5.41, 5.74) is 1.58. The van der Waals surface area contributed by atoms with Gasteiger partial charge in [-0.1, -0.05) is 19.9 Å². The van der Waals surface area contributed by atoms with Gasteiger partial charge in [-0.3, -0.25) is 4.79 Å². The lowest BCUT2D eigenvalue weighted by molar-refractivity contribution is -0.139. The Bertz CT molecular complexity index is 486. The van der Waals surface area contributed by atoms with Gasteiger partial charge in [-0.15, -0.1) is 0 Å². The predicted molar refractivity (Wildman–Crippen MR) is 82.2 cm³/mol. The molecule has 0 spiro atoms. The highest BCUT2D eigenvalue weighted by molar-refractivity contribution is 14.1. The summed E-state index contributed by atoms with van der Waals surface area (Å²) in [7, 11) is 0. The maximum atomic E-state index is 12.0. The first-order chi connectivity index (χ1) is 8.81. The smallest absolute Gasteiger partial charge is 0.326 e. The summed E-state index contributed by atoms with van der Waals surface area (Å²) in [4.78, 5) is 23.1. The van der Waals surface area contributed by atoms with Crippen molar-refractivity contribution in [3.63, 3.8) is 0 Å². The summed E-state index contributed by atoms with van der Waals surface area (Å²) >= 11 is 2.15. The molecule has 5 heteroatoms. The van der Waals surface area contributed by atoms with Gasteiger partial charge in [-0.25, -0.2) is 4.79 Å². The monoisotopic (exact) mass is 375 g/mol. The molecule has 0 radical (unpaired) electrons. The highest BCUT2D eigenvalue weighted by Gasteiger charge is 2.21. The Balaban J connectivity index is 2.81. The number of hydrogen-bond acceptors (Lipinski definition) is 2. The zero-order valence-electron chi connectivity index (χ0n) is 11.2. The number of carbonyl (C=O) groups excluding carboxylic acids is 1. The molecular weight excluding hydrogens is 357 g/mol. The number of hydrogen-bond donors (Lipinski definition) is 2. The van der Waals surface area contributed by atoms with Crippen LogP contribution in [-0.4, -0.2) is 23.0 Å². The van der Waals surface area contributed by atoms with Crippen LogP contribution in [0.3, 0.4) is 0 Å². The topological polar surface area (TPSA) is 66.4 Å². The molecule has 0 aliphatic rings. The van der Waals surface area contributed by atoms with Gasteiger partial charge >= 0.3 is 5.97 Å². The number of halogens is 1. The molecule has 104 valence electrons. The molecular formula is C14H18INO3. The van der Waals surface area contributed by atoms with Gasteiger partial charge < -0.3 is 10.4 Å².